The van der Waals surface area contributed by atoms with Crippen LogP contribution in [0.15, 0.2) is 18.2 Å². The van der Waals surface area contributed by atoms with E-state index >= 15 is 0 Å². The van der Waals surface area contributed by atoms with E-state index in [4.69, 9.17) is 4.74 Å². The average molecular weight is 287 g/mol. The van der Waals surface area contributed by atoms with Gasteiger partial charge in [0.2, 0.25) is 0 Å². The lowest BCUT2D eigenvalue weighted by molar-refractivity contribution is 0.112. The highest BCUT2D eigenvalue weighted by atomic mass is 16.5. The van der Waals surface area contributed by atoms with Crippen LogP contribution in [0.3, 0.4) is 0 Å². The van der Waals surface area contributed by atoms with Crippen LogP contribution >= 0.6 is 0 Å². The van der Waals surface area contributed by atoms with Crippen molar-refractivity contribution in [1.29, 1.82) is 0 Å². The van der Waals surface area contributed by atoms with Gasteiger partial charge >= 0.3 is 0 Å². The van der Waals surface area contributed by atoms with Crippen molar-refractivity contribution in [2.24, 2.45) is 5.92 Å². The number of aromatic nitrogens is 1. The second kappa shape index (κ2) is 6.33. The molecule has 1 aromatic heterocycles. The van der Waals surface area contributed by atoms with Crippen molar-refractivity contribution < 1.29 is 9.53 Å². The Balaban J connectivity index is 2.53. The molecule has 0 fully saturated rings. The Hall–Kier alpha value is -1.77. The molecule has 0 saturated heterocycles. The molecule has 1 atom stereocenters. The van der Waals surface area contributed by atoms with E-state index in [9.17, 15) is 4.79 Å². The molecule has 2 rings (SSSR count). The molecule has 0 aliphatic carbocycles. The van der Waals surface area contributed by atoms with Gasteiger partial charge in [-0.1, -0.05) is 20.8 Å². The summed E-state index contributed by atoms with van der Waals surface area (Å²) in [4.78, 5) is 11.5. The minimum absolute atomic E-state index is 0.181. The molecule has 114 valence electrons. The number of nitrogens with zero attached hydrogens (tertiary/aromatic N) is 1. The molecule has 1 aromatic carbocycles. The van der Waals surface area contributed by atoms with Gasteiger partial charge < -0.3 is 9.30 Å². The molecule has 0 aliphatic rings. The molecule has 2 aromatic rings. The highest BCUT2D eigenvalue weighted by Crippen LogP contribution is 2.29. The summed E-state index contributed by atoms with van der Waals surface area (Å²) in [5, 5.41) is 0.990. The molecule has 0 radical (unpaired) electrons. The molecule has 1 heterocycles. The topological polar surface area (TPSA) is 31.2 Å². The van der Waals surface area contributed by atoms with Crippen molar-refractivity contribution in [2.45, 2.75) is 53.7 Å². The lowest BCUT2D eigenvalue weighted by Gasteiger charge is -2.13. The van der Waals surface area contributed by atoms with Crippen LogP contribution in [0.2, 0.25) is 0 Å². The number of hydrogen-bond acceptors (Lipinski definition) is 2. The number of rotatable bonds is 6. The first-order valence-corrected chi connectivity index (χ1v) is 7.72. The molecule has 3 heteroatoms. The van der Waals surface area contributed by atoms with Gasteiger partial charge in [-0.15, -0.1) is 0 Å². The van der Waals surface area contributed by atoms with Gasteiger partial charge in [-0.05, 0) is 44.4 Å². The number of benzene rings is 1. The summed E-state index contributed by atoms with van der Waals surface area (Å²) in [5.74, 6) is 1.37. The fraction of sp³-hybridized carbons (Fsp3) is 0.500. The lowest BCUT2D eigenvalue weighted by Crippen LogP contribution is -2.09. The largest absolute Gasteiger partial charge is 0.491 e. The standard InChI is InChI=1S/C18H25NO2/c1-6-13(4)21-15-7-8-18-16(9-15)17(11-20)14(5)19(18)10-12(2)3/h7-9,11-13H,6,10H2,1-5H3. The zero-order valence-corrected chi connectivity index (χ0v) is 13.6. The van der Waals surface area contributed by atoms with Crippen LogP contribution in [0.25, 0.3) is 10.9 Å². The van der Waals surface area contributed by atoms with Crippen LogP contribution in [-0.4, -0.2) is 17.0 Å². The monoisotopic (exact) mass is 287 g/mol. The van der Waals surface area contributed by atoms with Gasteiger partial charge in [0.25, 0.3) is 0 Å². The first-order valence-electron chi connectivity index (χ1n) is 7.72. The predicted octanol–water partition coefficient (Wildman–Crippen LogP) is 4.60. The number of carbonyl (C=O) groups is 1. The van der Waals surface area contributed by atoms with Crippen molar-refractivity contribution in [2.75, 3.05) is 0 Å². The summed E-state index contributed by atoms with van der Waals surface area (Å²) < 4.78 is 8.11. The van der Waals surface area contributed by atoms with Crippen LogP contribution in [0.4, 0.5) is 0 Å². The summed E-state index contributed by atoms with van der Waals surface area (Å²) >= 11 is 0. The van der Waals surface area contributed by atoms with E-state index in [0.717, 1.165) is 47.2 Å². The van der Waals surface area contributed by atoms with Crippen LogP contribution in [0.1, 0.15) is 50.2 Å². The summed E-state index contributed by atoms with van der Waals surface area (Å²) in [6.07, 6.45) is 2.11. The molecule has 0 amide bonds. The van der Waals surface area contributed by atoms with Gasteiger partial charge in [0, 0.05) is 28.7 Å². The van der Waals surface area contributed by atoms with Gasteiger partial charge in [-0.25, -0.2) is 0 Å². The Bertz CT molecular complexity index is 640. The maximum atomic E-state index is 11.5. The second-order valence-corrected chi connectivity index (χ2v) is 6.14. The van der Waals surface area contributed by atoms with Gasteiger partial charge in [-0.3, -0.25) is 4.79 Å². The summed E-state index contributed by atoms with van der Waals surface area (Å²) in [6, 6.07) is 6.06. The van der Waals surface area contributed by atoms with Gasteiger partial charge in [0.1, 0.15) is 5.75 Å². The molecule has 0 bridgehead atoms. The van der Waals surface area contributed by atoms with E-state index in [1.165, 1.54) is 0 Å². The van der Waals surface area contributed by atoms with E-state index in [1.54, 1.807) is 0 Å². The Labute approximate surface area is 126 Å². The summed E-state index contributed by atoms with van der Waals surface area (Å²) in [7, 11) is 0. The number of aldehydes is 1. The first-order chi connectivity index (χ1) is 9.97. The number of fused-ring (bicyclic) bond motifs is 1. The highest BCUT2D eigenvalue weighted by Gasteiger charge is 2.15. The Morgan fingerprint density at radius 1 is 1.29 bits per heavy atom. The van der Waals surface area contributed by atoms with Crippen molar-refractivity contribution >= 4 is 17.2 Å². The molecule has 21 heavy (non-hydrogen) atoms. The lowest BCUT2D eigenvalue weighted by atomic mass is 10.1. The molecule has 0 N–H and O–H groups in total. The Kier molecular flexibility index (Phi) is 4.71. The molecule has 0 saturated carbocycles. The van der Waals surface area contributed by atoms with E-state index in [0.29, 0.717) is 5.92 Å². The minimum Gasteiger partial charge on any atom is -0.491 e. The van der Waals surface area contributed by atoms with Crippen LogP contribution in [0, 0.1) is 12.8 Å². The Morgan fingerprint density at radius 2 is 2.00 bits per heavy atom. The maximum Gasteiger partial charge on any atom is 0.152 e. The third-order valence-corrected chi connectivity index (χ3v) is 3.92. The molecule has 1 unspecified atom stereocenters. The van der Waals surface area contributed by atoms with Gasteiger partial charge in [0.15, 0.2) is 6.29 Å². The predicted molar refractivity (Wildman–Crippen MR) is 87.3 cm³/mol. The van der Waals surface area contributed by atoms with Crippen molar-refractivity contribution in [3.63, 3.8) is 0 Å². The van der Waals surface area contributed by atoms with Gasteiger partial charge in [-0.2, -0.15) is 0 Å². The SMILES string of the molecule is CCC(C)Oc1ccc2c(c1)c(C=O)c(C)n2CC(C)C. The van der Waals surface area contributed by atoms with Crippen LogP contribution in [-0.2, 0) is 6.54 Å². The summed E-state index contributed by atoms with van der Waals surface area (Å²) in [5.41, 5.74) is 2.93. The molecule has 0 spiro atoms. The van der Waals surface area contributed by atoms with E-state index in [1.807, 2.05) is 19.1 Å². The quantitative estimate of drug-likeness (QED) is 0.727. The minimum atomic E-state index is 0.181. The van der Waals surface area contributed by atoms with E-state index in [2.05, 4.69) is 38.3 Å². The van der Waals surface area contributed by atoms with E-state index in [-0.39, 0.29) is 6.10 Å². The van der Waals surface area contributed by atoms with Crippen LogP contribution in [0.5, 0.6) is 5.75 Å². The third kappa shape index (κ3) is 3.12. The highest BCUT2D eigenvalue weighted by molar-refractivity contribution is 6.00. The van der Waals surface area contributed by atoms with Gasteiger partial charge in [0.05, 0.1) is 6.10 Å². The fourth-order valence-electron chi connectivity index (χ4n) is 2.63. The number of hydrogen-bond donors (Lipinski definition) is 0. The smallest absolute Gasteiger partial charge is 0.152 e. The molecular formula is C18H25NO2. The van der Waals surface area contributed by atoms with Crippen molar-refractivity contribution in [1.82, 2.24) is 4.57 Å². The zero-order chi connectivity index (χ0) is 15.6. The fourth-order valence-corrected chi connectivity index (χ4v) is 2.63. The molecular weight excluding hydrogens is 262 g/mol. The maximum absolute atomic E-state index is 11.5. The Morgan fingerprint density at radius 3 is 2.57 bits per heavy atom. The van der Waals surface area contributed by atoms with Crippen LogP contribution < -0.4 is 4.74 Å². The van der Waals surface area contributed by atoms with Crippen molar-refractivity contribution in [3.05, 3.63) is 29.5 Å². The van der Waals surface area contributed by atoms with Crippen molar-refractivity contribution in [3.8, 4) is 5.75 Å². The molecule has 0 aliphatic heterocycles. The summed E-state index contributed by atoms with van der Waals surface area (Å²) in [6.45, 7) is 11.5. The second-order valence-electron chi connectivity index (χ2n) is 6.14. The molecule has 3 nitrogen and oxygen atoms in total. The van der Waals surface area contributed by atoms with E-state index < -0.39 is 0 Å². The normalized spacial score (nSPS) is 12.9. The number of ether oxygens (including phenoxy) is 1. The average Bonchev–Trinajstić information content (AvgIpc) is 2.70. The zero-order valence-electron chi connectivity index (χ0n) is 13.6. The first kappa shape index (κ1) is 15.6. The third-order valence-electron chi connectivity index (χ3n) is 3.92. The number of carbonyl (C=O) groups excluding carboxylic acids is 1.